The summed E-state index contributed by atoms with van der Waals surface area (Å²) >= 11 is 0. The zero-order valence-electron chi connectivity index (χ0n) is 11.3. The van der Waals surface area contributed by atoms with Crippen LogP contribution in [0, 0.1) is 0 Å². The summed E-state index contributed by atoms with van der Waals surface area (Å²) in [6, 6.07) is 6.10. The van der Waals surface area contributed by atoms with E-state index < -0.39 is 21.3 Å². The highest BCUT2D eigenvalue weighted by Crippen LogP contribution is 2.23. The molecule has 19 heavy (non-hydrogen) atoms. The van der Waals surface area contributed by atoms with Crippen LogP contribution in [-0.4, -0.2) is 31.3 Å². The van der Waals surface area contributed by atoms with Gasteiger partial charge in [0.2, 0.25) is 0 Å². The number of carbonyl (C=O) groups is 1. The average molecular weight is 285 g/mol. The first-order valence-corrected chi connectivity index (χ1v) is 7.96. The van der Waals surface area contributed by atoms with Crippen LogP contribution in [0.2, 0.25) is 0 Å². The van der Waals surface area contributed by atoms with Gasteiger partial charge in [0.1, 0.15) is 5.54 Å². The van der Waals surface area contributed by atoms with Gasteiger partial charge in [-0.3, -0.25) is 0 Å². The van der Waals surface area contributed by atoms with E-state index in [0.717, 1.165) is 6.26 Å². The molecule has 0 bridgehead atoms. The van der Waals surface area contributed by atoms with Crippen molar-refractivity contribution in [2.24, 2.45) is 0 Å². The molecule has 0 aromatic heterocycles. The summed E-state index contributed by atoms with van der Waals surface area (Å²) in [6.07, 6.45) is 2.01. The number of sulfone groups is 1. The van der Waals surface area contributed by atoms with Crippen LogP contribution in [0.25, 0.3) is 0 Å². The minimum absolute atomic E-state index is 0.215. The van der Waals surface area contributed by atoms with Crippen molar-refractivity contribution in [1.29, 1.82) is 0 Å². The Kier molecular flexibility index (Phi) is 4.57. The fourth-order valence-corrected chi connectivity index (χ4v) is 2.47. The number of hydrogen-bond acceptors (Lipinski definition) is 4. The zero-order valence-corrected chi connectivity index (χ0v) is 12.1. The van der Waals surface area contributed by atoms with Crippen LogP contribution in [0.4, 0.5) is 5.69 Å². The van der Waals surface area contributed by atoms with Crippen LogP contribution in [0.15, 0.2) is 29.2 Å². The largest absolute Gasteiger partial charge is 0.480 e. The Balaban J connectivity index is 3.03. The van der Waals surface area contributed by atoms with Crippen LogP contribution in [-0.2, 0) is 14.6 Å². The van der Waals surface area contributed by atoms with Gasteiger partial charge in [-0.05, 0) is 37.1 Å². The van der Waals surface area contributed by atoms with Gasteiger partial charge in [-0.15, -0.1) is 0 Å². The van der Waals surface area contributed by atoms with Crippen LogP contribution in [0.1, 0.15) is 26.7 Å². The molecule has 0 heterocycles. The molecule has 1 aromatic carbocycles. The molecule has 1 aromatic rings. The highest BCUT2D eigenvalue weighted by atomic mass is 32.2. The molecule has 0 fully saturated rings. The summed E-state index contributed by atoms with van der Waals surface area (Å²) in [5, 5.41) is 12.3. The molecule has 0 aliphatic carbocycles. The Morgan fingerprint density at radius 2 is 1.68 bits per heavy atom. The lowest BCUT2D eigenvalue weighted by molar-refractivity contribution is -0.142. The van der Waals surface area contributed by atoms with Crippen molar-refractivity contribution in [3.8, 4) is 0 Å². The zero-order chi connectivity index (χ0) is 14.7. The standard InChI is InChI=1S/C13H19NO4S/c1-4-13(5-2,12(15)16)14-10-6-8-11(9-7-10)19(3,17)18/h6-9,14H,4-5H2,1-3H3,(H,15,16). The van der Waals surface area contributed by atoms with Gasteiger partial charge in [0.25, 0.3) is 0 Å². The molecule has 0 spiro atoms. The van der Waals surface area contributed by atoms with Crippen LogP contribution in [0.3, 0.4) is 0 Å². The Morgan fingerprint density at radius 3 is 2.00 bits per heavy atom. The van der Waals surface area contributed by atoms with Crippen molar-refractivity contribution in [3.05, 3.63) is 24.3 Å². The smallest absolute Gasteiger partial charge is 0.329 e. The number of nitrogens with one attached hydrogen (secondary N) is 1. The van der Waals surface area contributed by atoms with E-state index in [2.05, 4.69) is 5.32 Å². The van der Waals surface area contributed by atoms with Crippen molar-refractivity contribution in [2.45, 2.75) is 37.1 Å². The van der Waals surface area contributed by atoms with Gasteiger partial charge in [-0.25, -0.2) is 13.2 Å². The number of aliphatic carboxylic acids is 1. The fraction of sp³-hybridized carbons (Fsp3) is 0.462. The molecule has 5 nitrogen and oxygen atoms in total. The van der Waals surface area contributed by atoms with Gasteiger partial charge in [0, 0.05) is 11.9 Å². The quantitative estimate of drug-likeness (QED) is 0.836. The van der Waals surface area contributed by atoms with E-state index in [4.69, 9.17) is 0 Å². The maximum Gasteiger partial charge on any atom is 0.329 e. The van der Waals surface area contributed by atoms with Gasteiger partial charge >= 0.3 is 5.97 Å². The molecule has 0 saturated carbocycles. The Labute approximate surface area is 113 Å². The first-order valence-electron chi connectivity index (χ1n) is 6.07. The van der Waals surface area contributed by atoms with Gasteiger partial charge in [0.05, 0.1) is 4.90 Å². The van der Waals surface area contributed by atoms with Crippen molar-refractivity contribution in [1.82, 2.24) is 0 Å². The molecule has 0 radical (unpaired) electrons. The summed E-state index contributed by atoms with van der Waals surface area (Å²) in [4.78, 5) is 11.6. The minimum Gasteiger partial charge on any atom is -0.480 e. The third kappa shape index (κ3) is 3.47. The normalized spacial score (nSPS) is 12.2. The summed E-state index contributed by atoms with van der Waals surface area (Å²) in [6.45, 7) is 3.60. The predicted octanol–water partition coefficient (Wildman–Crippen LogP) is 2.15. The maximum atomic E-state index is 11.4. The Hall–Kier alpha value is -1.56. The van der Waals surface area contributed by atoms with Gasteiger partial charge in [0.15, 0.2) is 9.84 Å². The molecule has 0 aliphatic heterocycles. The van der Waals surface area contributed by atoms with E-state index >= 15 is 0 Å². The Bertz CT molecular complexity index is 545. The molecule has 0 saturated heterocycles. The molecule has 2 N–H and O–H groups in total. The topological polar surface area (TPSA) is 83.5 Å². The molecule has 0 aliphatic rings. The highest BCUT2D eigenvalue weighted by Gasteiger charge is 2.34. The lowest BCUT2D eigenvalue weighted by Gasteiger charge is -2.29. The summed E-state index contributed by atoms with van der Waals surface area (Å²) in [5.74, 6) is -0.912. The van der Waals surface area contributed by atoms with Crippen molar-refractivity contribution >= 4 is 21.5 Å². The summed E-state index contributed by atoms with van der Waals surface area (Å²) in [7, 11) is -3.23. The first-order chi connectivity index (χ1) is 8.75. The second-order valence-corrected chi connectivity index (χ2v) is 6.53. The van der Waals surface area contributed by atoms with E-state index in [0.29, 0.717) is 18.5 Å². The Morgan fingerprint density at radius 1 is 1.21 bits per heavy atom. The SMILES string of the molecule is CCC(CC)(Nc1ccc(S(C)(=O)=O)cc1)C(=O)O. The molecule has 0 atom stereocenters. The number of rotatable bonds is 6. The monoisotopic (exact) mass is 285 g/mol. The molecule has 0 amide bonds. The first kappa shape index (κ1) is 15.5. The number of benzene rings is 1. The third-order valence-corrected chi connectivity index (χ3v) is 4.41. The van der Waals surface area contributed by atoms with E-state index in [1.807, 2.05) is 0 Å². The number of hydrogen-bond donors (Lipinski definition) is 2. The van der Waals surface area contributed by atoms with E-state index in [1.165, 1.54) is 12.1 Å². The molecular formula is C13H19NO4S. The third-order valence-electron chi connectivity index (χ3n) is 3.28. The molecule has 106 valence electrons. The minimum atomic E-state index is -3.23. The van der Waals surface area contributed by atoms with Gasteiger partial charge in [-0.2, -0.15) is 0 Å². The highest BCUT2D eigenvalue weighted by molar-refractivity contribution is 7.90. The van der Waals surface area contributed by atoms with Crippen molar-refractivity contribution < 1.29 is 18.3 Å². The number of carboxylic acids is 1. The second kappa shape index (κ2) is 5.61. The molecule has 1 rings (SSSR count). The number of anilines is 1. The van der Waals surface area contributed by atoms with Crippen LogP contribution in [0.5, 0.6) is 0 Å². The lowest BCUT2D eigenvalue weighted by atomic mass is 9.92. The second-order valence-electron chi connectivity index (χ2n) is 4.52. The van der Waals surface area contributed by atoms with Crippen molar-refractivity contribution in [3.63, 3.8) is 0 Å². The van der Waals surface area contributed by atoms with Crippen LogP contribution < -0.4 is 5.32 Å². The summed E-state index contributed by atoms with van der Waals surface area (Å²) in [5.41, 5.74) is -0.425. The maximum absolute atomic E-state index is 11.4. The number of carboxylic acid groups (broad SMARTS) is 1. The van der Waals surface area contributed by atoms with Crippen molar-refractivity contribution in [2.75, 3.05) is 11.6 Å². The average Bonchev–Trinajstić information content (AvgIpc) is 2.35. The van der Waals surface area contributed by atoms with Gasteiger partial charge < -0.3 is 10.4 Å². The van der Waals surface area contributed by atoms with Crippen LogP contribution >= 0.6 is 0 Å². The summed E-state index contributed by atoms with van der Waals surface area (Å²) < 4.78 is 22.7. The molecule has 6 heteroatoms. The molecule has 0 unspecified atom stereocenters. The predicted molar refractivity (Wildman–Crippen MR) is 74.1 cm³/mol. The molecular weight excluding hydrogens is 266 g/mol. The van der Waals surface area contributed by atoms with Gasteiger partial charge in [-0.1, -0.05) is 13.8 Å². The van der Waals surface area contributed by atoms with E-state index in [9.17, 15) is 18.3 Å². The van der Waals surface area contributed by atoms with E-state index in [1.54, 1.807) is 26.0 Å². The fourth-order valence-electron chi connectivity index (χ4n) is 1.84. The van der Waals surface area contributed by atoms with E-state index in [-0.39, 0.29) is 4.90 Å². The lowest BCUT2D eigenvalue weighted by Crippen LogP contribution is -2.45.